The number of nitrogens with one attached hydrogen (secondary N) is 3. The van der Waals surface area contributed by atoms with Crippen LogP contribution in [-0.4, -0.2) is 50.5 Å². The van der Waals surface area contributed by atoms with Crippen LogP contribution in [0.2, 0.25) is 0 Å². The molecule has 0 saturated carbocycles. The lowest BCUT2D eigenvalue weighted by atomic mass is 9.99. The zero-order chi connectivity index (χ0) is 30.8. The zero-order valence-corrected chi connectivity index (χ0v) is 24.7. The molecule has 1 aliphatic heterocycles. The number of ether oxygens (including phenoxy) is 1. The summed E-state index contributed by atoms with van der Waals surface area (Å²) in [5.74, 6) is -0.903. The fourth-order valence-electron chi connectivity index (χ4n) is 4.50. The summed E-state index contributed by atoms with van der Waals surface area (Å²) in [6.45, 7) is 2.69. The van der Waals surface area contributed by atoms with Crippen molar-refractivity contribution in [1.82, 2.24) is 15.4 Å². The van der Waals surface area contributed by atoms with Gasteiger partial charge in [0.05, 0.1) is 18.3 Å². The van der Waals surface area contributed by atoms with Crippen molar-refractivity contribution in [2.45, 2.75) is 45.5 Å². The first-order chi connectivity index (χ1) is 20.6. The van der Waals surface area contributed by atoms with Crippen LogP contribution in [0.1, 0.15) is 42.9 Å². The van der Waals surface area contributed by atoms with Crippen LogP contribution in [0.3, 0.4) is 0 Å². The van der Waals surface area contributed by atoms with Gasteiger partial charge in [0.25, 0.3) is 0 Å². The fraction of sp³-hybridized carbons (Fsp3) is 0.290. The summed E-state index contributed by atoms with van der Waals surface area (Å²) >= 11 is 0. The lowest BCUT2D eigenvalue weighted by molar-refractivity contribution is -0.120. The first-order valence-corrected chi connectivity index (χ1v) is 15.5. The van der Waals surface area contributed by atoms with Crippen LogP contribution in [0.5, 0.6) is 0 Å². The third-order valence-electron chi connectivity index (χ3n) is 6.80. The molecule has 1 atom stereocenters. The van der Waals surface area contributed by atoms with E-state index in [0.717, 1.165) is 16.7 Å². The Kier molecular flexibility index (Phi) is 10.8. The van der Waals surface area contributed by atoms with Crippen LogP contribution in [-0.2, 0) is 37.5 Å². The summed E-state index contributed by atoms with van der Waals surface area (Å²) < 4.78 is 33.4. The molecule has 0 saturated heterocycles. The van der Waals surface area contributed by atoms with Crippen LogP contribution < -0.4 is 21.1 Å². The molecule has 2 aromatic carbocycles. The molecule has 2 amide bonds. The molecule has 0 bridgehead atoms. The number of nitrogens with zero attached hydrogens (tertiary/aromatic N) is 1. The van der Waals surface area contributed by atoms with Crippen LogP contribution >= 0.6 is 0 Å². The van der Waals surface area contributed by atoms with Gasteiger partial charge in [-0.05, 0) is 30.0 Å². The quantitative estimate of drug-likeness (QED) is 0.172. The lowest BCUT2D eigenvalue weighted by Gasteiger charge is -2.26. The largest absolute Gasteiger partial charge is 0.443 e. The Morgan fingerprint density at radius 3 is 2.53 bits per heavy atom. The number of Topliss-reactive ketones (excluding diaryl/α,β-unsaturated/α-hetero) is 1. The minimum Gasteiger partial charge on any atom is -0.443 e. The minimum absolute atomic E-state index is 0.00741. The number of rotatable bonds is 11. The van der Waals surface area contributed by atoms with Crippen LogP contribution in [0.4, 0.5) is 4.79 Å². The number of allylic oxidation sites excluding steroid dienone is 3. The van der Waals surface area contributed by atoms with Gasteiger partial charge in [-0.25, -0.2) is 13.2 Å². The number of ketones is 1. The summed E-state index contributed by atoms with van der Waals surface area (Å²) in [4.78, 5) is 40.8. The standard InChI is InChI=1S/C31H35N5O6S/c1-21-9-12-26(27(37)16-21)20-43(40,41)36-30-25(8-5-15-33-30)17-28(38)34-18-22-10-13-24(14-11-22)29(32)35-31(39)42-19-23-6-3-2-4-7-23/h2-4,6-14,30,33,36H,5,15-20H2,1H3,(H,34,38)(H2,32,35,39). The molecule has 11 nitrogen and oxygen atoms in total. The summed E-state index contributed by atoms with van der Waals surface area (Å²) in [6.07, 6.45) is 4.46. The van der Waals surface area contributed by atoms with E-state index in [1.54, 1.807) is 36.4 Å². The summed E-state index contributed by atoms with van der Waals surface area (Å²) in [6, 6.07) is 16.1. The highest BCUT2D eigenvalue weighted by Gasteiger charge is 2.27. The van der Waals surface area contributed by atoms with E-state index in [-0.39, 0.29) is 49.1 Å². The van der Waals surface area contributed by atoms with E-state index in [1.807, 2.05) is 43.3 Å². The van der Waals surface area contributed by atoms with E-state index >= 15 is 0 Å². The van der Waals surface area contributed by atoms with E-state index in [2.05, 4.69) is 20.3 Å². The summed E-state index contributed by atoms with van der Waals surface area (Å²) in [7, 11) is -3.84. The van der Waals surface area contributed by atoms with Crippen molar-refractivity contribution in [2.75, 3.05) is 12.3 Å². The number of hydrogen-bond donors (Lipinski definition) is 4. The number of sulfonamides is 1. The monoisotopic (exact) mass is 605 g/mol. The number of hydrogen-bond acceptors (Lipinski definition) is 7. The molecule has 226 valence electrons. The van der Waals surface area contributed by atoms with Crippen LogP contribution in [0, 0.1) is 0 Å². The first kappa shape index (κ1) is 31.5. The van der Waals surface area contributed by atoms with Crippen molar-refractivity contribution < 1.29 is 27.5 Å². The first-order valence-electron chi connectivity index (χ1n) is 13.8. The zero-order valence-electron chi connectivity index (χ0n) is 23.8. The lowest BCUT2D eigenvalue weighted by Crippen LogP contribution is -2.50. The van der Waals surface area contributed by atoms with Gasteiger partial charge < -0.3 is 15.8 Å². The Morgan fingerprint density at radius 1 is 1.07 bits per heavy atom. The Hall–Kier alpha value is -4.39. The molecular weight excluding hydrogens is 570 g/mol. The molecule has 1 heterocycles. The Bertz CT molecular complexity index is 1580. The maximum absolute atomic E-state index is 12.8. The molecule has 0 aromatic heterocycles. The Balaban J connectivity index is 1.26. The van der Waals surface area contributed by atoms with E-state index in [4.69, 9.17) is 10.5 Å². The Labute approximate surface area is 251 Å². The number of carbonyl (C=O) groups is 3. The second-order valence-corrected chi connectivity index (χ2v) is 12.1. The molecule has 4 rings (SSSR count). The maximum Gasteiger partial charge on any atom is 0.435 e. The van der Waals surface area contributed by atoms with Gasteiger partial charge in [0.15, 0.2) is 5.78 Å². The highest BCUT2D eigenvalue weighted by molar-refractivity contribution is 7.89. The van der Waals surface area contributed by atoms with Crippen LogP contribution in [0.15, 0.2) is 94.5 Å². The fourth-order valence-corrected chi connectivity index (χ4v) is 5.84. The third kappa shape index (κ3) is 9.84. The van der Waals surface area contributed by atoms with E-state index in [1.165, 1.54) is 0 Å². The molecule has 2 aliphatic rings. The minimum atomic E-state index is -3.84. The molecule has 0 radical (unpaired) electrons. The van der Waals surface area contributed by atoms with Crippen LogP contribution in [0.25, 0.3) is 0 Å². The Morgan fingerprint density at radius 2 is 1.81 bits per heavy atom. The van der Waals surface area contributed by atoms with Gasteiger partial charge in [0, 0.05) is 30.6 Å². The molecule has 12 heteroatoms. The highest BCUT2D eigenvalue weighted by Crippen LogP contribution is 2.18. The van der Waals surface area contributed by atoms with Gasteiger partial charge in [0.2, 0.25) is 15.9 Å². The van der Waals surface area contributed by atoms with Crippen molar-refractivity contribution in [1.29, 1.82) is 0 Å². The van der Waals surface area contributed by atoms with Crippen molar-refractivity contribution in [3.63, 3.8) is 0 Å². The molecule has 0 spiro atoms. The number of amidine groups is 1. The van der Waals surface area contributed by atoms with Gasteiger partial charge in [-0.2, -0.15) is 9.71 Å². The SMILES string of the molecule is CC1=CC=C(CS(=O)(=O)NC2NCCC=C2CC(=O)NCc2ccc(C(N)=NC(=O)OCc3ccccc3)cc2)C(=O)C1. The number of nitrogens with two attached hydrogens (primary N) is 1. The average molecular weight is 606 g/mol. The van der Waals surface area contributed by atoms with E-state index in [9.17, 15) is 22.8 Å². The van der Waals surface area contributed by atoms with Crippen molar-refractivity contribution in [3.05, 3.63) is 106 Å². The van der Waals surface area contributed by atoms with Crippen molar-refractivity contribution >= 4 is 33.6 Å². The normalized spacial score (nSPS) is 17.4. The third-order valence-corrected chi connectivity index (χ3v) is 8.09. The molecular formula is C31H35N5O6S. The predicted octanol–water partition coefficient (Wildman–Crippen LogP) is 2.75. The maximum atomic E-state index is 12.8. The molecule has 2 aromatic rings. The van der Waals surface area contributed by atoms with Gasteiger partial charge >= 0.3 is 6.09 Å². The van der Waals surface area contributed by atoms with Gasteiger partial charge in [-0.3, -0.25) is 14.9 Å². The van der Waals surface area contributed by atoms with Gasteiger partial charge in [-0.15, -0.1) is 0 Å². The predicted molar refractivity (Wildman–Crippen MR) is 163 cm³/mol. The second-order valence-electron chi connectivity index (χ2n) is 10.3. The molecule has 43 heavy (non-hydrogen) atoms. The molecule has 1 aliphatic carbocycles. The van der Waals surface area contributed by atoms with Crippen molar-refractivity contribution in [2.24, 2.45) is 10.7 Å². The van der Waals surface area contributed by atoms with E-state index < -0.39 is 28.0 Å². The van der Waals surface area contributed by atoms with Crippen molar-refractivity contribution in [3.8, 4) is 0 Å². The molecule has 1 unspecified atom stereocenters. The number of benzene rings is 2. The van der Waals surface area contributed by atoms with E-state index in [0.29, 0.717) is 24.1 Å². The summed E-state index contributed by atoms with van der Waals surface area (Å²) in [5.41, 5.74) is 9.83. The molecule has 0 fully saturated rings. The molecule has 5 N–H and O–H groups in total. The average Bonchev–Trinajstić information content (AvgIpc) is 2.98. The topological polar surface area (TPSA) is 169 Å². The highest BCUT2D eigenvalue weighted by atomic mass is 32.2. The number of amides is 2. The van der Waals surface area contributed by atoms with Gasteiger partial charge in [0.1, 0.15) is 12.4 Å². The second kappa shape index (κ2) is 14.7. The number of aliphatic imine (C=N–C) groups is 1. The number of carbonyl (C=O) groups excluding carboxylic acids is 3. The van der Waals surface area contributed by atoms with Gasteiger partial charge in [-0.1, -0.05) is 78.4 Å². The summed E-state index contributed by atoms with van der Waals surface area (Å²) in [5, 5.41) is 5.93. The smallest absolute Gasteiger partial charge is 0.435 e.